The van der Waals surface area contributed by atoms with Gasteiger partial charge in [0.15, 0.2) is 0 Å². The number of terminal acetylenes is 1. The van der Waals surface area contributed by atoms with Crippen molar-refractivity contribution in [2.45, 2.75) is 12.3 Å². The Morgan fingerprint density at radius 2 is 2.10 bits per heavy atom. The van der Waals surface area contributed by atoms with Crippen LogP contribution >= 0.6 is 0 Å². The zero-order valence-electron chi connectivity index (χ0n) is 11.5. The van der Waals surface area contributed by atoms with Gasteiger partial charge in [0.1, 0.15) is 12.4 Å². The highest BCUT2D eigenvalue weighted by molar-refractivity contribution is 5.95. The van der Waals surface area contributed by atoms with Gasteiger partial charge in [0.2, 0.25) is 5.91 Å². The fraction of sp³-hybridized carbons (Fsp3) is 0.167. The Kier molecular flexibility index (Phi) is 3.61. The Bertz CT molecular complexity index is 715. The third-order valence-corrected chi connectivity index (χ3v) is 3.58. The highest BCUT2D eigenvalue weighted by Crippen LogP contribution is 2.37. The molecule has 1 atom stereocenters. The van der Waals surface area contributed by atoms with Gasteiger partial charge >= 0.3 is 0 Å². The van der Waals surface area contributed by atoms with Gasteiger partial charge in [-0.2, -0.15) is 0 Å². The number of para-hydroxylation sites is 1. The molecule has 0 saturated heterocycles. The lowest BCUT2D eigenvalue weighted by molar-refractivity contribution is -0.116. The number of nitrogens with one attached hydrogen (secondary N) is 1. The maximum absolute atomic E-state index is 11.9. The summed E-state index contributed by atoms with van der Waals surface area (Å²) in [5.74, 6) is 3.26. The van der Waals surface area contributed by atoms with Crippen LogP contribution in [-0.2, 0) is 4.79 Å². The van der Waals surface area contributed by atoms with Crippen molar-refractivity contribution in [3.8, 4) is 18.1 Å². The molecule has 1 aliphatic heterocycles. The number of fused-ring (bicyclic) bond motifs is 1. The van der Waals surface area contributed by atoms with E-state index < -0.39 is 0 Å². The summed E-state index contributed by atoms with van der Waals surface area (Å²) < 4.78 is 5.46. The van der Waals surface area contributed by atoms with Crippen molar-refractivity contribution in [3.05, 3.63) is 59.7 Å². The first-order chi connectivity index (χ1) is 10.3. The maximum atomic E-state index is 11.9. The lowest BCUT2D eigenvalue weighted by atomic mass is 9.85. The number of anilines is 1. The first-order valence-corrected chi connectivity index (χ1v) is 6.83. The van der Waals surface area contributed by atoms with Gasteiger partial charge in [-0.25, -0.2) is 0 Å². The molecule has 1 unspecified atom stereocenters. The summed E-state index contributed by atoms with van der Waals surface area (Å²) in [5.41, 5.74) is 3.08. The van der Waals surface area contributed by atoms with Crippen LogP contribution in [0, 0.1) is 12.3 Å². The number of hydrogen-bond donors (Lipinski definition) is 1. The summed E-state index contributed by atoms with van der Waals surface area (Å²) in [6.07, 6.45) is 5.65. The Morgan fingerprint density at radius 3 is 2.95 bits per heavy atom. The minimum atomic E-state index is 0.0358. The number of carbonyl (C=O) groups excluding carboxylic acids is 1. The molecule has 1 N–H and O–H groups in total. The van der Waals surface area contributed by atoms with Crippen molar-refractivity contribution >= 4 is 11.6 Å². The molecule has 0 saturated carbocycles. The van der Waals surface area contributed by atoms with Crippen LogP contribution in [0.5, 0.6) is 5.75 Å². The molecule has 2 aromatic carbocycles. The molecule has 1 amide bonds. The highest BCUT2D eigenvalue weighted by atomic mass is 16.5. The van der Waals surface area contributed by atoms with Crippen LogP contribution in [0.15, 0.2) is 48.5 Å². The first kappa shape index (κ1) is 13.3. The number of carbonyl (C=O) groups is 1. The third-order valence-electron chi connectivity index (χ3n) is 3.58. The average molecular weight is 277 g/mol. The van der Waals surface area contributed by atoms with Gasteiger partial charge in [-0.15, -0.1) is 6.42 Å². The van der Waals surface area contributed by atoms with E-state index in [9.17, 15) is 4.79 Å². The molecule has 1 heterocycles. The van der Waals surface area contributed by atoms with Gasteiger partial charge in [-0.3, -0.25) is 4.79 Å². The minimum absolute atomic E-state index is 0.0358. The van der Waals surface area contributed by atoms with Gasteiger partial charge in [-0.05, 0) is 29.3 Å². The summed E-state index contributed by atoms with van der Waals surface area (Å²) in [6, 6.07) is 15.7. The van der Waals surface area contributed by atoms with Crippen molar-refractivity contribution in [2.24, 2.45) is 0 Å². The zero-order valence-corrected chi connectivity index (χ0v) is 11.5. The number of hydrogen-bond acceptors (Lipinski definition) is 2. The summed E-state index contributed by atoms with van der Waals surface area (Å²) in [5, 5.41) is 2.91. The van der Waals surface area contributed by atoms with E-state index in [1.54, 1.807) is 0 Å². The SMILES string of the molecule is C#CCOc1cccc(C2CC(=O)Nc3ccccc32)c1. The van der Waals surface area contributed by atoms with Crippen LogP contribution in [0.1, 0.15) is 23.5 Å². The molecule has 0 fully saturated rings. The monoisotopic (exact) mass is 277 g/mol. The lowest BCUT2D eigenvalue weighted by Gasteiger charge is -2.26. The normalized spacial score (nSPS) is 16.5. The zero-order chi connectivity index (χ0) is 14.7. The second kappa shape index (κ2) is 5.72. The van der Waals surface area contributed by atoms with Crippen molar-refractivity contribution in [3.63, 3.8) is 0 Å². The number of rotatable bonds is 3. The Hall–Kier alpha value is -2.73. The fourth-order valence-corrected chi connectivity index (χ4v) is 2.65. The summed E-state index contributed by atoms with van der Waals surface area (Å²) in [7, 11) is 0. The summed E-state index contributed by atoms with van der Waals surface area (Å²) in [6.45, 7) is 0.241. The van der Waals surface area contributed by atoms with Gasteiger partial charge < -0.3 is 10.1 Å². The number of benzene rings is 2. The van der Waals surface area contributed by atoms with Crippen molar-refractivity contribution in [1.29, 1.82) is 0 Å². The van der Waals surface area contributed by atoms with Crippen LogP contribution in [-0.4, -0.2) is 12.5 Å². The van der Waals surface area contributed by atoms with Gasteiger partial charge in [0.25, 0.3) is 0 Å². The van der Waals surface area contributed by atoms with Crippen LogP contribution in [0.25, 0.3) is 0 Å². The Morgan fingerprint density at radius 1 is 1.24 bits per heavy atom. The molecule has 0 aromatic heterocycles. The molecule has 3 rings (SSSR count). The van der Waals surface area contributed by atoms with Crippen LogP contribution < -0.4 is 10.1 Å². The Balaban J connectivity index is 1.97. The van der Waals surface area contributed by atoms with Gasteiger partial charge in [-0.1, -0.05) is 36.3 Å². The quantitative estimate of drug-likeness (QED) is 0.875. The van der Waals surface area contributed by atoms with E-state index in [1.807, 2.05) is 42.5 Å². The van der Waals surface area contributed by atoms with E-state index in [0.29, 0.717) is 6.42 Å². The molecule has 21 heavy (non-hydrogen) atoms. The van der Waals surface area contributed by atoms with Crippen molar-refractivity contribution in [2.75, 3.05) is 11.9 Å². The van der Waals surface area contributed by atoms with E-state index in [4.69, 9.17) is 11.2 Å². The maximum Gasteiger partial charge on any atom is 0.225 e. The van der Waals surface area contributed by atoms with E-state index in [0.717, 1.165) is 22.6 Å². The van der Waals surface area contributed by atoms with Crippen molar-refractivity contribution in [1.82, 2.24) is 0 Å². The topological polar surface area (TPSA) is 38.3 Å². The van der Waals surface area contributed by atoms with Crippen LogP contribution in [0.3, 0.4) is 0 Å². The average Bonchev–Trinajstić information content (AvgIpc) is 2.52. The second-order valence-electron chi connectivity index (χ2n) is 4.96. The van der Waals surface area contributed by atoms with E-state index >= 15 is 0 Å². The van der Waals surface area contributed by atoms with Gasteiger partial charge in [0, 0.05) is 18.0 Å². The molecular weight excluding hydrogens is 262 g/mol. The van der Waals surface area contributed by atoms with E-state index in [2.05, 4.69) is 17.3 Å². The predicted molar refractivity (Wildman–Crippen MR) is 82.3 cm³/mol. The lowest BCUT2D eigenvalue weighted by Crippen LogP contribution is -2.23. The first-order valence-electron chi connectivity index (χ1n) is 6.83. The summed E-state index contributed by atoms with van der Waals surface area (Å²) >= 11 is 0. The van der Waals surface area contributed by atoms with Crippen LogP contribution in [0.2, 0.25) is 0 Å². The van der Waals surface area contributed by atoms with Gasteiger partial charge in [0.05, 0.1) is 0 Å². The fourth-order valence-electron chi connectivity index (χ4n) is 2.65. The molecule has 0 radical (unpaired) electrons. The summed E-state index contributed by atoms with van der Waals surface area (Å²) in [4.78, 5) is 11.9. The van der Waals surface area contributed by atoms with E-state index in [-0.39, 0.29) is 18.4 Å². The molecule has 3 heteroatoms. The Labute approximate surface area is 123 Å². The molecule has 3 nitrogen and oxygen atoms in total. The standard InChI is InChI=1S/C18H15NO2/c1-2-10-21-14-7-5-6-13(11-14)16-12-18(20)19-17-9-4-3-8-15(16)17/h1,3-9,11,16H,10,12H2,(H,19,20). The predicted octanol–water partition coefficient (Wildman–Crippen LogP) is 3.17. The smallest absolute Gasteiger partial charge is 0.225 e. The number of ether oxygens (including phenoxy) is 1. The molecule has 0 spiro atoms. The third kappa shape index (κ3) is 2.75. The molecule has 104 valence electrons. The molecule has 0 bridgehead atoms. The molecule has 0 aliphatic carbocycles. The molecular formula is C18H15NO2. The number of amides is 1. The van der Waals surface area contributed by atoms with Crippen LogP contribution in [0.4, 0.5) is 5.69 Å². The highest BCUT2D eigenvalue weighted by Gasteiger charge is 2.26. The molecule has 2 aromatic rings. The minimum Gasteiger partial charge on any atom is -0.481 e. The van der Waals surface area contributed by atoms with Crippen molar-refractivity contribution < 1.29 is 9.53 Å². The molecule has 1 aliphatic rings. The van der Waals surface area contributed by atoms with E-state index in [1.165, 1.54) is 0 Å². The second-order valence-corrected chi connectivity index (χ2v) is 4.96. The largest absolute Gasteiger partial charge is 0.481 e.